The number of hydrogen-bond acceptors (Lipinski definition) is 3. The molecule has 17 heavy (non-hydrogen) atoms. The van der Waals surface area contributed by atoms with Crippen molar-refractivity contribution in [2.75, 3.05) is 6.26 Å². The summed E-state index contributed by atoms with van der Waals surface area (Å²) in [6.07, 6.45) is 4.48. The van der Waals surface area contributed by atoms with Crippen molar-refractivity contribution in [3.05, 3.63) is 0 Å². The van der Waals surface area contributed by atoms with Crippen molar-refractivity contribution in [2.45, 2.75) is 64.2 Å². The van der Waals surface area contributed by atoms with Crippen LogP contribution < -0.4 is 0 Å². The molecular weight excluding hydrogens is 236 g/mol. The van der Waals surface area contributed by atoms with E-state index in [1.54, 1.807) is 0 Å². The van der Waals surface area contributed by atoms with Gasteiger partial charge in [-0.1, -0.05) is 27.2 Å². The number of hydrogen-bond donors (Lipinski definition) is 1. The first kappa shape index (κ1) is 15.0. The highest BCUT2D eigenvalue weighted by molar-refractivity contribution is 7.91. The molecule has 1 N–H and O–H groups in total. The molecule has 0 bridgehead atoms. The van der Waals surface area contributed by atoms with E-state index in [-0.39, 0.29) is 16.6 Å². The molecule has 1 fully saturated rings. The molecule has 102 valence electrons. The fourth-order valence-corrected chi connectivity index (χ4v) is 3.83. The van der Waals surface area contributed by atoms with Crippen molar-refractivity contribution in [1.29, 1.82) is 0 Å². The van der Waals surface area contributed by atoms with Gasteiger partial charge in [0.1, 0.15) is 9.84 Å². The van der Waals surface area contributed by atoms with Crippen LogP contribution in [0.4, 0.5) is 0 Å². The van der Waals surface area contributed by atoms with E-state index in [0.717, 1.165) is 19.3 Å². The van der Waals surface area contributed by atoms with E-state index in [2.05, 4.69) is 0 Å². The molecule has 1 aliphatic rings. The molecule has 0 spiro atoms. The fourth-order valence-electron chi connectivity index (χ4n) is 2.66. The predicted molar refractivity (Wildman–Crippen MR) is 70.7 cm³/mol. The SMILES string of the molecule is CC(C)(C)C(C)(O)C1CCCC(S(C)(=O)=O)C1. The first-order chi connectivity index (χ1) is 7.46. The predicted octanol–water partition coefficient (Wildman–Crippen LogP) is 2.39. The Bertz CT molecular complexity index is 363. The van der Waals surface area contributed by atoms with Crippen LogP contribution in [0.25, 0.3) is 0 Å². The van der Waals surface area contributed by atoms with Gasteiger partial charge in [0.2, 0.25) is 0 Å². The van der Waals surface area contributed by atoms with E-state index < -0.39 is 15.4 Å². The van der Waals surface area contributed by atoms with Gasteiger partial charge in [-0.2, -0.15) is 0 Å². The van der Waals surface area contributed by atoms with Crippen molar-refractivity contribution >= 4 is 9.84 Å². The quantitative estimate of drug-likeness (QED) is 0.831. The number of rotatable bonds is 2. The molecule has 3 nitrogen and oxygen atoms in total. The summed E-state index contributed by atoms with van der Waals surface area (Å²) >= 11 is 0. The largest absolute Gasteiger partial charge is 0.389 e. The monoisotopic (exact) mass is 262 g/mol. The summed E-state index contributed by atoms with van der Waals surface area (Å²) < 4.78 is 23.3. The highest BCUT2D eigenvalue weighted by atomic mass is 32.2. The third kappa shape index (κ3) is 3.22. The van der Waals surface area contributed by atoms with Gasteiger partial charge in [0, 0.05) is 6.26 Å². The third-order valence-electron chi connectivity index (χ3n) is 4.54. The molecule has 0 saturated heterocycles. The smallest absolute Gasteiger partial charge is 0.150 e. The molecule has 0 amide bonds. The van der Waals surface area contributed by atoms with E-state index in [4.69, 9.17) is 0 Å². The van der Waals surface area contributed by atoms with Crippen molar-refractivity contribution < 1.29 is 13.5 Å². The highest BCUT2D eigenvalue weighted by Gasteiger charge is 2.45. The van der Waals surface area contributed by atoms with Gasteiger partial charge in [-0.3, -0.25) is 0 Å². The zero-order chi connectivity index (χ0) is 13.5. The zero-order valence-corrected chi connectivity index (χ0v) is 12.5. The second-order valence-corrected chi connectivity index (χ2v) is 9.04. The van der Waals surface area contributed by atoms with Crippen LogP contribution in [0.2, 0.25) is 0 Å². The zero-order valence-electron chi connectivity index (χ0n) is 11.7. The summed E-state index contributed by atoms with van der Waals surface area (Å²) in [5, 5.41) is 10.4. The van der Waals surface area contributed by atoms with Crippen LogP contribution in [0.5, 0.6) is 0 Å². The summed E-state index contributed by atoms with van der Waals surface area (Å²) in [5.74, 6) is 0.0796. The van der Waals surface area contributed by atoms with E-state index in [0.29, 0.717) is 6.42 Å². The topological polar surface area (TPSA) is 54.4 Å². The minimum atomic E-state index is -2.98. The molecule has 0 radical (unpaired) electrons. The molecule has 0 heterocycles. The standard InChI is InChI=1S/C13H26O3S/c1-12(2,3)13(4,14)10-7-6-8-11(9-10)17(5,15)16/h10-11,14H,6-9H2,1-5H3. The molecule has 3 atom stereocenters. The van der Waals surface area contributed by atoms with Gasteiger partial charge in [-0.25, -0.2) is 8.42 Å². The molecule has 4 heteroatoms. The lowest BCUT2D eigenvalue weighted by molar-refractivity contribution is -0.0985. The van der Waals surface area contributed by atoms with Crippen molar-refractivity contribution in [2.24, 2.45) is 11.3 Å². The van der Waals surface area contributed by atoms with E-state index in [9.17, 15) is 13.5 Å². The van der Waals surface area contributed by atoms with Crippen LogP contribution in [0, 0.1) is 11.3 Å². The van der Waals surface area contributed by atoms with E-state index in [1.165, 1.54) is 6.26 Å². The lowest BCUT2D eigenvalue weighted by Crippen LogP contribution is -2.49. The Kier molecular flexibility index (Phi) is 4.00. The van der Waals surface area contributed by atoms with Crippen LogP contribution in [0.15, 0.2) is 0 Å². The number of aliphatic hydroxyl groups is 1. The maximum atomic E-state index is 11.6. The molecule has 1 saturated carbocycles. The lowest BCUT2D eigenvalue weighted by Gasteiger charge is -2.46. The van der Waals surface area contributed by atoms with Crippen LogP contribution in [0.3, 0.4) is 0 Å². The summed E-state index contributed by atoms with van der Waals surface area (Å²) in [4.78, 5) is 0. The van der Waals surface area contributed by atoms with Crippen molar-refractivity contribution in [1.82, 2.24) is 0 Å². The van der Waals surface area contributed by atoms with Crippen LogP contribution >= 0.6 is 0 Å². The van der Waals surface area contributed by atoms with Gasteiger partial charge < -0.3 is 5.11 Å². The Morgan fingerprint density at radius 1 is 1.12 bits per heavy atom. The molecule has 0 aromatic heterocycles. The summed E-state index contributed by atoms with van der Waals surface area (Å²) in [5.41, 5.74) is -1.03. The van der Waals surface area contributed by atoms with Gasteiger partial charge in [0.15, 0.2) is 0 Å². The molecule has 1 aliphatic carbocycles. The summed E-state index contributed by atoms with van der Waals surface area (Å²) in [7, 11) is -2.98. The van der Waals surface area contributed by atoms with Crippen LogP contribution in [0.1, 0.15) is 53.4 Å². The third-order valence-corrected chi connectivity index (χ3v) is 6.18. The van der Waals surface area contributed by atoms with Crippen molar-refractivity contribution in [3.63, 3.8) is 0 Å². The van der Waals surface area contributed by atoms with Gasteiger partial charge in [-0.15, -0.1) is 0 Å². The first-order valence-electron chi connectivity index (χ1n) is 6.37. The minimum absolute atomic E-state index is 0.0796. The summed E-state index contributed by atoms with van der Waals surface area (Å²) in [6.45, 7) is 7.88. The second-order valence-electron chi connectivity index (χ2n) is 6.71. The second kappa shape index (κ2) is 4.54. The average Bonchev–Trinajstić information content (AvgIpc) is 2.15. The molecule has 0 aromatic carbocycles. The Hall–Kier alpha value is -0.0900. The maximum Gasteiger partial charge on any atom is 0.150 e. The highest BCUT2D eigenvalue weighted by Crippen LogP contribution is 2.43. The minimum Gasteiger partial charge on any atom is -0.389 e. The van der Waals surface area contributed by atoms with Gasteiger partial charge >= 0.3 is 0 Å². The molecule has 1 rings (SSSR count). The maximum absolute atomic E-state index is 11.6. The molecular formula is C13H26O3S. The van der Waals surface area contributed by atoms with Crippen molar-refractivity contribution in [3.8, 4) is 0 Å². The van der Waals surface area contributed by atoms with Gasteiger partial charge in [-0.05, 0) is 37.5 Å². The fraction of sp³-hybridized carbons (Fsp3) is 1.00. The molecule has 0 aromatic rings. The Labute approximate surface area is 106 Å². The Morgan fingerprint density at radius 3 is 2.06 bits per heavy atom. The molecule has 0 aliphatic heterocycles. The van der Waals surface area contributed by atoms with Gasteiger partial charge in [0.25, 0.3) is 0 Å². The van der Waals surface area contributed by atoms with E-state index in [1.807, 2.05) is 27.7 Å². The average molecular weight is 262 g/mol. The van der Waals surface area contributed by atoms with Crippen LogP contribution in [-0.2, 0) is 9.84 Å². The molecule has 3 unspecified atom stereocenters. The van der Waals surface area contributed by atoms with Crippen LogP contribution in [-0.4, -0.2) is 30.6 Å². The Morgan fingerprint density at radius 2 is 1.65 bits per heavy atom. The number of sulfone groups is 1. The summed E-state index contributed by atoms with van der Waals surface area (Å²) in [6, 6.07) is 0. The Balaban J connectivity index is 2.88. The lowest BCUT2D eigenvalue weighted by atomic mass is 9.65. The van der Waals surface area contributed by atoms with Gasteiger partial charge in [0.05, 0.1) is 10.9 Å². The first-order valence-corrected chi connectivity index (χ1v) is 8.33. The normalized spacial score (nSPS) is 30.9. The van der Waals surface area contributed by atoms with E-state index >= 15 is 0 Å².